The van der Waals surface area contributed by atoms with Gasteiger partial charge in [-0.3, -0.25) is 0 Å². The highest BCUT2D eigenvalue weighted by Crippen LogP contribution is 2.45. The van der Waals surface area contributed by atoms with Gasteiger partial charge in [0.05, 0.1) is 25.2 Å². The first-order chi connectivity index (χ1) is 14.1. The number of rotatable bonds is 4. The molecule has 30 heavy (non-hydrogen) atoms. The third kappa shape index (κ3) is 3.27. The number of esters is 1. The monoisotopic (exact) mass is 425 g/mol. The molecule has 2 saturated heterocycles. The van der Waals surface area contributed by atoms with Gasteiger partial charge in [0.1, 0.15) is 6.10 Å². The minimum atomic E-state index is -1.79. The number of carbonyl (C=O) groups excluding carboxylic acids is 1. The van der Waals surface area contributed by atoms with Gasteiger partial charge in [-0.1, -0.05) is 60.7 Å². The maximum absolute atomic E-state index is 13.4. The summed E-state index contributed by atoms with van der Waals surface area (Å²) in [6.07, 6.45) is 8.70. The number of aliphatic hydroxyl groups is 1. The van der Waals surface area contributed by atoms with Crippen LogP contribution in [0.2, 0.25) is 0 Å². The van der Waals surface area contributed by atoms with Gasteiger partial charge < -0.3 is 26.7 Å². The van der Waals surface area contributed by atoms with Crippen molar-refractivity contribution in [2.24, 2.45) is 0 Å². The van der Waals surface area contributed by atoms with Gasteiger partial charge >= 0.3 is 5.97 Å². The van der Waals surface area contributed by atoms with Crippen molar-refractivity contribution in [3.8, 4) is 0 Å². The molecular formula is C25H28ClNO3. The second-order valence-corrected chi connectivity index (χ2v) is 8.77. The highest BCUT2D eigenvalue weighted by molar-refractivity contribution is 5.85. The first-order valence-electron chi connectivity index (χ1n) is 10.7. The van der Waals surface area contributed by atoms with Gasteiger partial charge in [0.2, 0.25) is 5.60 Å². The number of benzene rings is 2. The minimum Gasteiger partial charge on any atom is -1.00 e. The maximum atomic E-state index is 13.4. The Hall–Kier alpha value is -2.14. The molecule has 1 spiro atoms. The van der Waals surface area contributed by atoms with Gasteiger partial charge in [-0.2, -0.15) is 0 Å². The second-order valence-electron chi connectivity index (χ2n) is 8.77. The summed E-state index contributed by atoms with van der Waals surface area (Å²) in [7, 11) is 0. The molecule has 0 aliphatic carbocycles. The summed E-state index contributed by atoms with van der Waals surface area (Å²) in [6.45, 7) is 2.24. The summed E-state index contributed by atoms with van der Waals surface area (Å²) in [6, 6.07) is 19.4. The van der Waals surface area contributed by atoms with E-state index in [2.05, 4.69) is 12.2 Å². The molecule has 2 bridgehead atoms. The van der Waals surface area contributed by atoms with Crippen molar-refractivity contribution in [2.45, 2.75) is 49.5 Å². The summed E-state index contributed by atoms with van der Waals surface area (Å²) in [4.78, 5) is 13.4. The number of nitrogens with zero attached hydrogens (tertiary/aromatic N) is 1. The summed E-state index contributed by atoms with van der Waals surface area (Å²) >= 11 is 0. The smallest absolute Gasteiger partial charge is 0.347 e. The molecule has 0 radical (unpaired) electrons. The number of quaternary nitrogens is 1. The number of ether oxygens (including phenoxy) is 1. The van der Waals surface area contributed by atoms with E-state index < -0.39 is 11.6 Å². The predicted molar refractivity (Wildman–Crippen MR) is 111 cm³/mol. The molecule has 3 aliphatic heterocycles. The van der Waals surface area contributed by atoms with Gasteiger partial charge in [-0.05, 0) is 23.3 Å². The van der Waals surface area contributed by atoms with E-state index in [1.165, 1.54) is 12.8 Å². The van der Waals surface area contributed by atoms with E-state index >= 15 is 0 Å². The maximum Gasteiger partial charge on any atom is 0.347 e. The molecule has 2 aromatic carbocycles. The van der Waals surface area contributed by atoms with Crippen LogP contribution in [0.15, 0.2) is 72.8 Å². The molecule has 2 fully saturated rings. The van der Waals surface area contributed by atoms with E-state index in [1.807, 2.05) is 36.4 Å². The molecule has 5 rings (SSSR count). The van der Waals surface area contributed by atoms with Crippen LogP contribution in [-0.2, 0) is 15.1 Å². The summed E-state index contributed by atoms with van der Waals surface area (Å²) in [5.41, 5.74) is -0.704. The summed E-state index contributed by atoms with van der Waals surface area (Å²) < 4.78 is 7.19. The van der Waals surface area contributed by atoms with Gasteiger partial charge in [0, 0.05) is 25.7 Å². The Morgan fingerprint density at radius 2 is 1.33 bits per heavy atom. The SMILES string of the molecule is O=C(OC1CC2CCC(C1)[N+]21CC=CC1)C(O)(c1ccccc1)c1ccccc1.[Cl-]. The Morgan fingerprint density at radius 3 is 1.80 bits per heavy atom. The van der Waals surface area contributed by atoms with Crippen molar-refractivity contribution in [2.75, 3.05) is 13.1 Å². The van der Waals surface area contributed by atoms with E-state index in [9.17, 15) is 9.90 Å². The number of hydrogen-bond acceptors (Lipinski definition) is 3. The van der Waals surface area contributed by atoms with Crippen LogP contribution >= 0.6 is 0 Å². The molecule has 2 atom stereocenters. The van der Waals surface area contributed by atoms with Crippen LogP contribution in [0.1, 0.15) is 36.8 Å². The molecule has 0 amide bonds. The zero-order chi connectivity index (χ0) is 19.9. The normalized spacial score (nSPS) is 26.4. The first kappa shape index (κ1) is 21.1. The van der Waals surface area contributed by atoms with Gasteiger partial charge in [-0.25, -0.2) is 4.79 Å². The van der Waals surface area contributed by atoms with E-state index in [0.717, 1.165) is 30.4 Å². The first-order valence-corrected chi connectivity index (χ1v) is 10.7. The fraction of sp³-hybridized carbons (Fsp3) is 0.400. The van der Waals surface area contributed by atoms with Crippen molar-refractivity contribution in [3.63, 3.8) is 0 Å². The Kier molecular flexibility index (Phi) is 5.75. The molecular weight excluding hydrogens is 398 g/mol. The van der Waals surface area contributed by atoms with Crippen LogP contribution in [0.25, 0.3) is 0 Å². The molecule has 3 aliphatic rings. The topological polar surface area (TPSA) is 46.5 Å². The zero-order valence-corrected chi connectivity index (χ0v) is 17.7. The average Bonchev–Trinajstić information content (AvgIpc) is 3.31. The molecule has 0 aromatic heterocycles. The Labute approximate surface area is 184 Å². The largest absolute Gasteiger partial charge is 1.00 e. The van der Waals surface area contributed by atoms with Crippen molar-refractivity contribution >= 4 is 5.97 Å². The third-order valence-electron chi connectivity index (χ3n) is 7.37. The molecule has 3 heterocycles. The van der Waals surface area contributed by atoms with Crippen LogP contribution in [0.4, 0.5) is 0 Å². The van der Waals surface area contributed by atoms with E-state index in [-0.39, 0.29) is 18.5 Å². The lowest BCUT2D eigenvalue weighted by Gasteiger charge is -2.47. The highest BCUT2D eigenvalue weighted by Gasteiger charge is 2.55. The van der Waals surface area contributed by atoms with Crippen molar-refractivity contribution in [3.05, 3.63) is 83.9 Å². The molecule has 2 aromatic rings. The van der Waals surface area contributed by atoms with Crippen molar-refractivity contribution in [1.29, 1.82) is 0 Å². The zero-order valence-electron chi connectivity index (χ0n) is 17.0. The van der Waals surface area contributed by atoms with E-state index in [1.54, 1.807) is 24.3 Å². The fourth-order valence-corrected chi connectivity index (χ4v) is 5.86. The molecule has 5 heteroatoms. The van der Waals surface area contributed by atoms with Crippen LogP contribution in [0.3, 0.4) is 0 Å². The quantitative estimate of drug-likeness (QED) is 0.442. The Bertz CT molecular complexity index is 851. The van der Waals surface area contributed by atoms with E-state index in [0.29, 0.717) is 23.2 Å². The standard InChI is InChI=1S/C25H28NO3.ClH/c27-24(25(28,19-9-3-1-4-10-19)20-11-5-2-6-12-20)29-23-17-21-13-14-22(18-23)26(21)15-7-8-16-26;/h1-12,21-23,28H,13-18H2;1H/q+1;/p-1. The Morgan fingerprint density at radius 1 is 0.867 bits per heavy atom. The lowest BCUT2D eigenvalue weighted by molar-refractivity contribution is -0.952. The molecule has 1 N–H and O–H groups in total. The Balaban J connectivity index is 0.00000218. The molecule has 4 nitrogen and oxygen atoms in total. The molecule has 158 valence electrons. The fourth-order valence-electron chi connectivity index (χ4n) is 5.86. The van der Waals surface area contributed by atoms with Crippen LogP contribution in [0, 0.1) is 0 Å². The van der Waals surface area contributed by atoms with Crippen molar-refractivity contribution < 1.29 is 31.5 Å². The van der Waals surface area contributed by atoms with Crippen LogP contribution in [0.5, 0.6) is 0 Å². The summed E-state index contributed by atoms with van der Waals surface area (Å²) in [5.74, 6) is -0.563. The van der Waals surface area contributed by atoms with Crippen LogP contribution < -0.4 is 12.4 Å². The van der Waals surface area contributed by atoms with Gasteiger partial charge in [-0.15, -0.1) is 0 Å². The average molecular weight is 426 g/mol. The third-order valence-corrected chi connectivity index (χ3v) is 7.37. The number of hydrogen-bond donors (Lipinski definition) is 1. The van der Waals surface area contributed by atoms with Crippen molar-refractivity contribution in [1.82, 2.24) is 0 Å². The molecule has 2 unspecified atom stereocenters. The molecule has 0 saturated carbocycles. The van der Waals surface area contributed by atoms with Gasteiger partial charge in [0.15, 0.2) is 0 Å². The lowest BCUT2D eigenvalue weighted by Crippen LogP contribution is -3.00. The highest BCUT2D eigenvalue weighted by atomic mass is 35.5. The van der Waals surface area contributed by atoms with E-state index in [4.69, 9.17) is 4.74 Å². The van der Waals surface area contributed by atoms with Gasteiger partial charge in [0.25, 0.3) is 0 Å². The number of piperidine rings is 1. The predicted octanol–water partition coefficient (Wildman–Crippen LogP) is 0.550. The summed E-state index contributed by atoms with van der Waals surface area (Å²) in [5, 5.41) is 11.6. The number of halogens is 1. The van der Waals surface area contributed by atoms with Crippen LogP contribution in [-0.4, -0.2) is 46.8 Å². The number of carbonyl (C=O) groups is 1. The minimum absolute atomic E-state index is 0. The second kappa shape index (κ2) is 8.18. The lowest BCUT2D eigenvalue weighted by atomic mass is 9.86.